The van der Waals surface area contributed by atoms with Gasteiger partial charge in [0.15, 0.2) is 0 Å². The fraction of sp³-hybridized carbons (Fsp3) is 0.333. The Hall–Kier alpha value is -1.39. The zero-order chi connectivity index (χ0) is 12.7. The molecule has 1 aromatic rings. The third-order valence-electron chi connectivity index (χ3n) is 2.35. The number of hydrogen-bond acceptors (Lipinski definition) is 3. The van der Waals surface area contributed by atoms with Crippen LogP contribution in [0.25, 0.3) is 0 Å². The van der Waals surface area contributed by atoms with Crippen LogP contribution in [0.5, 0.6) is 0 Å². The highest BCUT2D eigenvalue weighted by molar-refractivity contribution is 6.64. The molecule has 0 fully saturated rings. The van der Waals surface area contributed by atoms with E-state index in [4.69, 9.17) is 16.3 Å². The van der Waals surface area contributed by atoms with Crippen molar-refractivity contribution in [1.82, 2.24) is 4.90 Å². The van der Waals surface area contributed by atoms with Crippen LogP contribution in [0.2, 0.25) is 0 Å². The van der Waals surface area contributed by atoms with Crippen LogP contribution in [0, 0.1) is 0 Å². The second-order valence-electron chi connectivity index (χ2n) is 3.51. The van der Waals surface area contributed by atoms with Gasteiger partial charge < -0.3 is 9.64 Å². The van der Waals surface area contributed by atoms with Crippen molar-refractivity contribution in [3.63, 3.8) is 0 Å². The molecule has 0 saturated carbocycles. The van der Waals surface area contributed by atoms with E-state index in [1.165, 1.54) is 4.90 Å². The normalized spacial score (nSPS) is 11.9. The van der Waals surface area contributed by atoms with Crippen LogP contribution in [-0.2, 0) is 14.3 Å². The molecule has 0 aliphatic carbocycles. The summed E-state index contributed by atoms with van der Waals surface area (Å²) in [6.07, 6.45) is 0.608. The number of benzene rings is 1. The van der Waals surface area contributed by atoms with Gasteiger partial charge in [-0.2, -0.15) is 0 Å². The Balaban J connectivity index is 2.90. The molecule has 1 amide bonds. The average molecular weight is 256 g/mol. The molecular formula is C12H14ClNO3. The molecular weight excluding hydrogens is 242 g/mol. The smallest absolute Gasteiger partial charge is 0.241 e. The van der Waals surface area contributed by atoms with E-state index in [1.807, 2.05) is 30.3 Å². The Kier molecular flexibility index (Phi) is 5.66. The summed E-state index contributed by atoms with van der Waals surface area (Å²) >= 11 is 5.30. The first kappa shape index (κ1) is 13.7. The van der Waals surface area contributed by atoms with E-state index in [2.05, 4.69) is 0 Å². The molecule has 0 radical (unpaired) electrons. The van der Waals surface area contributed by atoms with E-state index in [0.717, 1.165) is 5.56 Å². The topological polar surface area (TPSA) is 46.6 Å². The molecule has 17 heavy (non-hydrogen) atoms. The molecule has 92 valence electrons. The fourth-order valence-corrected chi connectivity index (χ4v) is 1.72. The highest BCUT2D eigenvalue weighted by Crippen LogP contribution is 2.19. The Labute approximate surface area is 105 Å². The molecule has 1 rings (SSSR count). The molecule has 0 aromatic heterocycles. The Bertz CT molecular complexity index is 369. The monoisotopic (exact) mass is 255 g/mol. The van der Waals surface area contributed by atoms with Gasteiger partial charge in [-0.15, -0.1) is 0 Å². The van der Waals surface area contributed by atoms with Crippen molar-refractivity contribution in [1.29, 1.82) is 0 Å². The Morgan fingerprint density at radius 3 is 2.59 bits per heavy atom. The molecule has 4 nitrogen and oxygen atoms in total. The lowest BCUT2D eigenvalue weighted by Gasteiger charge is -2.26. The summed E-state index contributed by atoms with van der Waals surface area (Å²) in [6.45, 7) is 0.181. The van der Waals surface area contributed by atoms with Crippen LogP contribution in [0.1, 0.15) is 11.6 Å². The van der Waals surface area contributed by atoms with Crippen LogP contribution in [-0.4, -0.2) is 36.8 Å². The summed E-state index contributed by atoms with van der Waals surface area (Å²) in [5, 5.41) is -0.575. The predicted molar refractivity (Wildman–Crippen MR) is 64.7 cm³/mol. The molecule has 1 atom stereocenters. The molecule has 0 bridgehead atoms. The first-order valence-electron chi connectivity index (χ1n) is 5.12. The summed E-state index contributed by atoms with van der Waals surface area (Å²) in [5.74, 6) is 0. The van der Waals surface area contributed by atoms with Gasteiger partial charge in [-0.05, 0) is 17.2 Å². The second-order valence-corrected chi connectivity index (χ2v) is 3.94. The lowest BCUT2D eigenvalue weighted by Crippen LogP contribution is -2.33. The number of amides is 1. The maximum Gasteiger partial charge on any atom is 0.241 e. The van der Waals surface area contributed by atoms with E-state index >= 15 is 0 Å². The first-order chi connectivity index (χ1) is 8.19. The predicted octanol–water partition coefficient (Wildman–Crippen LogP) is 1.60. The number of carbonyl (C=O) groups is 2. The van der Waals surface area contributed by atoms with Gasteiger partial charge in [0, 0.05) is 7.11 Å². The maximum absolute atomic E-state index is 11.0. The number of rotatable bonds is 7. The number of carbonyl (C=O) groups excluding carboxylic acids is 2. The van der Waals surface area contributed by atoms with Crippen LogP contribution >= 0.6 is 11.6 Å². The van der Waals surface area contributed by atoms with Crippen molar-refractivity contribution >= 4 is 23.3 Å². The zero-order valence-corrected chi connectivity index (χ0v) is 10.3. The summed E-state index contributed by atoms with van der Waals surface area (Å²) in [7, 11) is 1.54. The SMILES string of the molecule is COC[C@H](c1ccccc1)N(C=O)CC(=O)Cl. The maximum atomic E-state index is 11.0. The third-order valence-corrected chi connectivity index (χ3v) is 2.47. The van der Waals surface area contributed by atoms with Gasteiger partial charge >= 0.3 is 0 Å². The average Bonchev–Trinajstić information content (AvgIpc) is 2.34. The van der Waals surface area contributed by atoms with Crippen molar-refractivity contribution in [2.75, 3.05) is 20.3 Å². The number of ether oxygens (including phenoxy) is 1. The highest BCUT2D eigenvalue weighted by atomic mass is 35.5. The first-order valence-corrected chi connectivity index (χ1v) is 5.50. The van der Waals surface area contributed by atoms with Gasteiger partial charge in [0.05, 0.1) is 19.2 Å². The van der Waals surface area contributed by atoms with Gasteiger partial charge in [-0.1, -0.05) is 30.3 Å². The molecule has 0 heterocycles. The van der Waals surface area contributed by atoms with Crippen molar-refractivity contribution in [2.24, 2.45) is 0 Å². The van der Waals surface area contributed by atoms with E-state index in [1.54, 1.807) is 7.11 Å². The van der Waals surface area contributed by atoms with Gasteiger partial charge in [-0.25, -0.2) is 0 Å². The van der Waals surface area contributed by atoms with E-state index in [0.29, 0.717) is 13.0 Å². The fourth-order valence-electron chi connectivity index (χ4n) is 1.58. The van der Waals surface area contributed by atoms with Crippen molar-refractivity contribution in [3.8, 4) is 0 Å². The van der Waals surface area contributed by atoms with Crippen LogP contribution in [0.4, 0.5) is 0 Å². The Morgan fingerprint density at radius 2 is 2.12 bits per heavy atom. The lowest BCUT2D eigenvalue weighted by molar-refractivity contribution is -0.126. The molecule has 0 spiro atoms. The van der Waals surface area contributed by atoms with Crippen LogP contribution < -0.4 is 0 Å². The highest BCUT2D eigenvalue weighted by Gasteiger charge is 2.20. The third kappa shape index (κ3) is 4.17. The summed E-state index contributed by atoms with van der Waals surface area (Å²) < 4.78 is 5.07. The number of hydrogen-bond donors (Lipinski definition) is 0. The van der Waals surface area contributed by atoms with Gasteiger partial charge in [-0.3, -0.25) is 9.59 Å². The zero-order valence-electron chi connectivity index (χ0n) is 9.51. The Morgan fingerprint density at radius 1 is 1.47 bits per heavy atom. The summed E-state index contributed by atoms with van der Waals surface area (Å²) in [5.41, 5.74) is 0.902. The van der Waals surface area contributed by atoms with E-state index in [9.17, 15) is 9.59 Å². The van der Waals surface area contributed by atoms with Crippen LogP contribution in [0.3, 0.4) is 0 Å². The van der Waals surface area contributed by atoms with Crippen molar-refractivity contribution in [3.05, 3.63) is 35.9 Å². The minimum absolute atomic E-state index is 0.131. The minimum Gasteiger partial charge on any atom is -0.382 e. The molecule has 0 aliphatic rings. The van der Waals surface area contributed by atoms with Gasteiger partial charge in [0.2, 0.25) is 11.7 Å². The van der Waals surface area contributed by atoms with E-state index < -0.39 is 5.24 Å². The standard InChI is InChI=1S/C12H14ClNO3/c1-17-8-11(10-5-3-2-4-6-10)14(9-15)7-12(13)16/h2-6,9,11H,7-8H2,1H3/t11-/m1/s1. The summed E-state index contributed by atoms with van der Waals surface area (Å²) in [6, 6.07) is 9.05. The van der Waals surface area contributed by atoms with Gasteiger partial charge in [0.1, 0.15) is 0 Å². The lowest BCUT2D eigenvalue weighted by atomic mass is 10.1. The minimum atomic E-state index is -0.575. The largest absolute Gasteiger partial charge is 0.382 e. The molecule has 0 aliphatic heterocycles. The van der Waals surface area contributed by atoms with Gasteiger partial charge in [0.25, 0.3) is 0 Å². The number of halogens is 1. The molecule has 1 aromatic carbocycles. The second kappa shape index (κ2) is 7.04. The van der Waals surface area contributed by atoms with E-state index in [-0.39, 0.29) is 12.6 Å². The number of methoxy groups -OCH3 is 1. The molecule has 0 saturated heterocycles. The molecule has 0 unspecified atom stereocenters. The number of nitrogens with zero attached hydrogens (tertiary/aromatic N) is 1. The van der Waals surface area contributed by atoms with Crippen LogP contribution in [0.15, 0.2) is 30.3 Å². The summed E-state index contributed by atoms with van der Waals surface area (Å²) in [4.78, 5) is 23.2. The molecule has 0 N–H and O–H groups in total. The molecule has 5 heteroatoms. The van der Waals surface area contributed by atoms with Crippen molar-refractivity contribution < 1.29 is 14.3 Å². The quantitative estimate of drug-likeness (QED) is 0.549. The van der Waals surface area contributed by atoms with Crippen molar-refractivity contribution in [2.45, 2.75) is 6.04 Å².